The van der Waals surface area contributed by atoms with Crippen molar-refractivity contribution in [3.63, 3.8) is 0 Å². The molecule has 0 unspecified atom stereocenters. The minimum Gasteiger partial charge on any atom is -0.497 e. The van der Waals surface area contributed by atoms with Crippen LogP contribution in [0.4, 0.5) is 0 Å². The van der Waals surface area contributed by atoms with Crippen LogP contribution in [0.3, 0.4) is 0 Å². The monoisotopic (exact) mass is 365 g/mol. The molecule has 1 heterocycles. The van der Waals surface area contributed by atoms with Gasteiger partial charge in [0.2, 0.25) is 11.8 Å². The first-order valence-corrected chi connectivity index (χ1v) is 9.74. The molecule has 0 spiro atoms. The van der Waals surface area contributed by atoms with Gasteiger partial charge in [-0.1, -0.05) is 26.0 Å². The van der Waals surface area contributed by atoms with Crippen LogP contribution in [0.15, 0.2) is 24.3 Å². The van der Waals surface area contributed by atoms with Crippen LogP contribution >= 0.6 is 11.8 Å². The number of nitrogens with zero attached hydrogens (tertiary/aromatic N) is 2. The number of hydrogen-bond donors (Lipinski definition) is 1. The lowest BCUT2D eigenvalue weighted by atomic mass is 10.0. The van der Waals surface area contributed by atoms with Crippen molar-refractivity contribution in [2.24, 2.45) is 0 Å². The lowest BCUT2D eigenvalue weighted by molar-refractivity contribution is -0.132. The van der Waals surface area contributed by atoms with Crippen molar-refractivity contribution < 1.29 is 14.3 Å². The molecule has 138 valence electrons. The van der Waals surface area contributed by atoms with Gasteiger partial charge in [0.25, 0.3) is 0 Å². The van der Waals surface area contributed by atoms with Crippen LogP contribution in [0.2, 0.25) is 0 Å². The second kappa shape index (κ2) is 9.68. The van der Waals surface area contributed by atoms with E-state index < -0.39 is 0 Å². The van der Waals surface area contributed by atoms with Crippen molar-refractivity contribution in [2.45, 2.75) is 19.9 Å². The van der Waals surface area contributed by atoms with Crippen LogP contribution in [-0.2, 0) is 9.59 Å². The predicted octanol–water partition coefficient (Wildman–Crippen LogP) is 1.73. The van der Waals surface area contributed by atoms with E-state index in [-0.39, 0.29) is 24.4 Å². The van der Waals surface area contributed by atoms with Crippen LogP contribution in [-0.4, -0.2) is 66.5 Å². The molecule has 0 radical (unpaired) electrons. The highest BCUT2D eigenvalue weighted by molar-refractivity contribution is 8.00. The Kier molecular flexibility index (Phi) is 7.58. The molecule has 6 nitrogen and oxygen atoms in total. The number of carbonyl (C=O) groups excluding carboxylic acids is 2. The number of benzene rings is 1. The average Bonchev–Trinajstić information content (AvgIpc) is 3.03. The van der Waals surface area contributed by atoms with Crippen LogP contribution in [0.1, 0.15) is 25.5 Å². The summed E-state index contributed by atoms with van der Waals surface area (Å²) in [7, 11) is 1.65. The molecule has 0 aromatic heterocycles. The number of carbonyl (C=O) groups is 2. The van der Waals surface area contributed by atoms with Crippen LogP contribution in [0.25, 0.3) is 0 Å². The van der Waals surface area contributed by atoms with Gasteiger partial charge in [0.1, 0.15) is 12.3 Å². The van der Waals surface area contributed by atoms with Gasteiger partial charge < -0.3 is 15.0 Å². The maximum atomic E-state index is 12.2. The predicted molar refractivity (Wildman–Crippen MR) is 101 cm³/mol. The molecule has 1 aromatic carbocycles. The summed E-state index contributed by atoms with van der Waals surface area (Å²) in [5, 5.41) is 2.99. The molecule has 1 aromatic rings. The average molecular weight is 365 g/mol. The zero-order chi connectivity index (χ0) is 18.2. The molecule has 7 heteroatoms. The Bertz CT molecular complexity index is 593. The van der Waals surface area contributed by atoms with Gasteiger partial charge in [-0.2, -0.15) is 0 Å². The highest BCUT2D eigenvalue weighted by atomic mass is 32.2. The van der Waals surface area contributed by atoms with Gasteiger partial charge in [-0.05, 0) is 30.8 Å². The highest BCUT2D eigenvalue weighted by Gasteiger charge is 2.24. The highest BCUT2D eigenvalue weighted by Crippen LogP contribution is 2.24. The van der Waals surface area contributed by atoms with E-state index in [0.717, 1.165) is 24.4 Å². The van der Waals surface area contributed by atoms with Gasteiger partial charge in [-0.3, -0.25) is 14.5 Å². The largest absolute Gasteiger partial charge is 0.497 e. The fourth-order valence-corrected chi connectivity index (χ4v) is 3.86. The second-order valence-electron chi connectivity index (χ2n) is 5.89. The molecule has 0 aliphatic carbocycles. The quantitative estimate of drug-likeness (QED) is 0.722. The molecule has 1 saturated heterocycles. The van der Waals surface area contributed by atoms with Crippen LogP contribution in [0, 0.1) is 0 Å². The van der Waals surface area contributed by atoms with Gasteiger partial charge in [-0.15, -0.1) is 11.8 Å². The van der Waals surface area contributed by atoms with E-state index in [9.17, 15) is 9.59 Å². The Morgan fingerprint density at radius 3 is 2.76 bits per heavy atom. The molecule has 1 atom stereocenters. The van der Waals surface area contributed by atoms with E-state index in [1.54, 1.807) is 23.8 Å². The minimum atomic E-state index is -0.115. The third kappa shape index (κ3) is 5.37. The molecule has 1 fully saturated rings. The van der Waals surface area contributed by atoms with Crippen LogP contribution < -0.4 is 10.1 Å². The maximum absolute atomic E-state index is 12.2. The fourth-order valence-electron chi connectivity index (χ4n) is 2.95. The van der Waals surface area contributed by atoms with Crippen molar-refractivity contribution >= 4 is 23.6 Å². The van der Waals surface area contributed by atoms with Gasteiger partial charge in [0, 0.05) is 6.54 Å². The Morgan fingerprint density at radius 1 is 1.40 bits per heavy atom. The zero-order valence-electron chi connectivity index (χ0n) is 15.2. The molecule has 25 heavy (non-hydrogen) atoms. The van der Waals surface area contributed by atoms with E-state index in [4.69, 9.17) is 4.74 Å². The number of thioether (sulfide) groups is 1. The van der Waals surface area contributed by atoms with Gasteiger partial charge >= 0.3 is 0 Å². The summed E-state index contributed by atoms with van der Waals surface area (Å²) in [6.45, 7) is 6.62. The van der Waals surface area contributed by atoms with Crippen LogP contribution in [0.5, 0.6) is 5.75 Å². The summed E-state index contributed by atoms with van der Waals surface area (Å²) >= 11 is 1.54. The van der Waals surface area contributed by atoms with Crippen molar-refractivity contribution in [1.29, 1.82) is 0 Å². The normalized spacial score (nSPS) is 15.5. The summed E-state index contributed by atoms with van der Waals surface area (Å²) in [5.74, 6) is 1.80. The Balaban J connectivity index is 2.02. The number of ether oxygens (including phenoxy) is 1. The third-order valence-corrected chi connectivity index (χ3v) is 5.33. The zero-order valence-corrected chi connectivity index (χ0v) is 16.0. The molecule has 1 aliphatic heterocycles. The van der Waals surface area contributed by atoms with E-state index in [1.807, 2.05) is 18.2 Å². The molecule has 1 aliphatic rings. The first-order valence-electron chi connectivity index (χ1n) is 8.59. The van der Waals surface area contributed by atoms with Gasteiger partial charge in [-0.25, -0.2) is 0 Å². The first kappa shape index (κ1) is 19.6. The number of rotatable bonds is 9. The maximum Gasteiger partial charge on any atom is 0.239 e. The Labute approximate surface area is 153 Å². The molecule has 1 N–H and O–H groups in total. The summed E-state index contributed by atoms with van der Waals surface area (Å²) in [4.78, 5) is 27.8. The summed E-state index contributed by atoms with van der Waals surface area (Å²) in [5.41, 5.74) is 1.11. The van der Waals surface area contributed by atoms with Crippen molar-refractivity contribution in [1.82, 2.24) is 15.1 Å². The SMILES string of the molecule is CCN(CC)[C@@H](CNC(=O)CN1CSCC1=O)c1cccc(OC)c1. The molecule has 2 rings (SSSR count). The molecular weight excluding hydrogens is 338 g/mol. The molecule has 2 amide bonds. The van der Waals surface area contributed by atoms with Crippen molar-refractivity contribution in [3.8, 4) is 5.75 Å². The van der Waals surface area contributed by atoms with Crippen molar-refractivity contribution in [3.05, 3.63) is 29.8 Å². The summed E-state index contributed by atoms with van der Waals surface area (Å²) in [6.07, 6.45) is 0. The number of likely N-dealkylation sites (N-methyl/N-ethyl adjacent to an activating group) is 1. The lowest BCUT2D eigenvalue weighted by Gasteiger charge is -2.30. The van der Waals surface area contributed by atoms with E-state index in [0.29, 0.717) is 18.2 Å². The first-order chi connectivity index (χ1) is 12.1. The summed E-state index contributed by atoms with van der Waals surface area (Å²) in [6, 6.07) is 8.01. The van der Waals surface area contributed by atoms with E-state index in [2.05, 4.69) is 30.1 Å². The number of hydrogen-bond acceptors (Lipinski definition) is 5. The Hall–Kier alpha value is -1.73. The number of nitrogens with one attached hydrogen (secondary N) is 1. The third-order valence-electron chi connectivity index (χ3n) is 4.38. The molecule has 0 bridgehead atoms. The standard InChI is InChI=1S/C18H27N3O3S/c1-4-20(5-2)16(14-7-6-8-15(9-14)24-3)10-19-17(22)11-21-13-25-12-18(21)23/h6-9,16H,4-5,10-13H2,1-3H3,(H,19,22)/t16-/m0/s1. The van der Waals surface area contributed by atoms with Gasteiger partial charge in [0.15, 0.2) is 0 Å². The van der Waals surface area contributed by atoms with E-state index in [1.165, 1.54) is 0 Å². The molecular formula is C18H27N3O3S. The van der Waals surface area contributed by atoms with Crippen molar-refractivity contribution in [2.75, 3.05) is 44.9 Å². The van der Waals surface area contributed by atoms with E-state index >= 15 is 0 Å². The number of methoxy groups -OCH3 is 1. The molecule has 0 saturated carbocycles. The minimum absolute atomic E-state index is 0.0354. The fraction of sp³-hybridized carbons (Fsp3) is 0.556. The van der Waals surface area contributed by atoms with Gasteiger partial charge in [0.05, 0.1) is 24.8 Å². The smallest absolute Gasteiger partial charge is 0.239 e. The number of amides is 2. The lowest BCUT2D eigenvalue weighted by Crippen LogP contribution is -2.42. The summed E-state index contributed by atoms with van der Waals surface area (Å²) < 4.78 is 5.33. The Morgan fingerprint density at radius 2 is 2.16 bits per heavy atom. The second-order valence-corrected chi connectivity index (χ2v) is 6.84. The topological polar surface area (TPSA) is 61.9 Å².